The lowest BCUT2D eigenvalue weighted by molar-refractivity contribution is 0.101. The SMILES string of the molecule is Cc1nn2c(nnc3c(=O)n(NC(=O)c4cccnc4)ccc32)c1-c1ccc(F)cc1. The third kappa shape index (κ3) is 3.10. The molecule has 5 aromatic rings. The molecule has 0 unspecified atom stereocenters. The topological polar surface area (TPSA) is 107 Å². The van der Waals surface area contributed by atoms with Crippen LogP contribution in [0.2, 0.25) is 0 Å². The molecule has 0 bridgehead atoms. The number of aromatic nitrogens is 6. The van der Waals surface area contributed by atoms with Crippen molar-refractivity contribution in [3.63, 3.8) is 0 Å². The molecule has 0 atom stereocenters. The van der Waals surface area contributed by atoms with Gasteiger partial charge < -0.3 is 0 Å². The van der Waals surface area contributed by atoms with Gasteiger partial charge in [0.2, 0.25) is 0 Å². The summed E-state index contributed by atoms with van der Waals surface area (Å²) in [6.45, 7) is 1.80. The summed E-state index contributed by atoms with van der Waals surface area (Å²) in [6.07, 6.45) is 4.37. The van der Waals surface area contributed by atoms with Crippen molar-refractivity contribution >= 4 is 22.6 Å². The van der Waals surface area contributed by atoms with Crippen molar-refractivity contribution in [2.24, 2.45) is 0 Å². The minimum absolute atomic E-state index is 0.0367. The van der Waals surface area contributed by atoms with Crippen molar-refractivity contribution in [1.29, 1.82) is 0 Å². The summed E-state index contributed by atoms with van der Waals surface area (Å²) < 4.78 is 15.9. The molecule has 4 heterocycles. The van der Waals surface area contributed by atoms with Gasteiger partial charge in [-0.1, -0.05) is 12.1 Å². The Bertz CT molecular complexity index is 1510. The van der Waals surface area contributed by atoms with Gasteiger partial charge in [-0.05, 0) is 42.8 Å². The lowest BCUT2D eigenvalue weighted by Crippen LogP contribution is -2.33. The van der Waals surface area contributed by atoms with Gasteiger partial charge in [-0.2, -0.15) is 5.10 Å². The Morgan fingerprint density at radius 1 is 1.10 bits per heavy atom. The first-order valence-corrected chi connectivity index (χ1v) is 9.27. The Labute approximate surface area is 173 Å². The van der Waals surface area contributed by atoms with Crippen molar-refractivity contribution in [2.75, 3.05) is 5.43 Å². The molecule has 1 amide bonds. The smallest absolute Gasteiger partial charge is 0.267 e. The average molecular weight is 415 g/mol. The highest BCUT2D eigenvalue weighted by Gasteiger charge is 2.18. The van der Waals surface area contributed by atoms with Gasteiger partial charge in [-0.25, -0.2) is 13.6 Å². The Morgan fingerprint density at radius 2 is 1.90 bits per heavy atom. The molecule has 10 heteroatoms. The van der Waals surface area contributed by atoms with E-state index in [2.05, 4.69) is 25.7 Å². The van der Waals surface area contributed by atoms with Gasteiger partial charge in [0, 0.05) is 18.6 Å². The summed E-state index contributed by atoms with van der Waals surface area (Å²) in [6, 6.07) is 10.8. The lowest BCUT2D eigenvalue weighted by Gasteiger charge is -2.09. The Morgan fingerprint density at radius 3 is 2.65 bits per heavy atom. The fourth-order valence-corrected chi connectivity index (χ4v) is 3.37. The molecule has 0 radical (unpaired) electrons. The van der Waals surface area contributed by atoms with Crippen LogP contribution in [0.4, 0.5) is 4.39 Å². The van der Waals surface area contributed by atoms with Crippen LogP contribution in [-0.4, -0.2) is 35.4 Å². The summed E-state index contributed by atoms with van der Waals surface area (Å²) in [5.74, 6) is -0.833. The van der Waals surface area contributed by atoms with Crippen molar-refractivity contribution < 1.29 is 9.18 Å². The summed E-state index contributed by atoms with van der Waals surface area (Å²) in [5, 5.41) is 12.8. The van der Waals surface area contributed by atoms with E-state index in [0.717, 1.165) is 10.2 Å². The number of carbonyl (C=O) groups excluding carboxylic acids is 1. The van der Waals surface area contributed by atoms with Crippen molar-refractivity contribution in [2.45, 2.75) is 6.92 Å². The maximum atomic E-state index is 13.3. The molecule has 4 aromatic heterocycles. The number of benzene rings is 1. The van der Waals surface area contributed by atoms with Crippen LogP contribution in [0, 0.1) is 12.7 Å². The predicted octanol–water partition coefficient (Wildman–Crippen LogP) is 2.33. The first-order chi connectivity index (χ1) is 15.0. The summed E-state index contributed by atoms with van der Waals surface area (Å²) >= 11 is 0. The molecular formula is C21H14FN7O2. The second-order valence-electron chi connectivity index (χ2n) is 6.81. The van der Waals surface area contributed by atoms with E-state index in [1.54, 1.807) is 43.5 Å². The molecule has 1 aromatic carbocycles. The molecule has 0 fully saturated rings. The fourth-order valence-electron chi connectivity index (χ4n) is 3.37. The van der Waals surface area contributed by atoms with Gasteiger partial charge in [0.05, 0.1) is 16.8 Å². The van der Waals surface area contributed by atoms with Crippen molar-refractivity contribution in [3.8, 4) is 11.1 Å². The second kappa shape index (κ2) is 7.10. The number of carbonyl (C=O) groups is 1. The second-order valence-corrected chi connectivity index (χ2v) is 6.81. The normalized spacial score (nSPS) is 11.2. The minimum Gasteiger partial charge on any atom is -0.267 e. The number of halogens is 1. The van der Waals surface area contributed by atoms with E-state index >= 15 is 0 Å². The van der Waals surface area contributed by atoms with E-state index in [-0.39, 0.29) is 11.3 Å². The Balaban J connectivity index is 1.61. The molecule has 0 saturated carbocycles. The van der Waals surface area contributed by atoms with Gasteiger partial charge in [-0.3, -0.25) is 20.0 Å². The number of rotatable bonds is 3. The van der Waals surface area contributed by atoms with Crippen LogP contribution >= 0.6 is 0 Å². The van der Waals surface area contributed by atoms with E-state index in [1.807, 2.05) is 0 Å². The van der Waals surface area contributed by atoms with E-state index in [9.17, 15) is 14.0 Å². The largest absolute Gasteiger partial charge is 0.299 e. The highest BCUT2D eigenvalue weighted by atomic mass is 19.1. The zero-order valence-electron chi connectivity index (χ0n) is 16.2. The Hall–Kier alpha value is -4.47. The number of nitrogens with zero attached hydrogens (tertiary/aromatic N) is 6. The molecule has 0 spiro atoms. The maximum absolute atomic E-state index is 13.3. The van der Waals surface area contributed by atoms with Crippen LogP contribution < -0.4 is 11.0 Å². The zero-order chi connectivity index (χ0) is 21.5. The molecule has 0 aliphatic carbocycles. The molecule has 1 N–H and O–H groups in total. The van der Waals surface area contributed by atoms with Crippen molar-refractivity contribution in [3.05, 3.63) is 88.5 Å². The molecule has 9 nitrogen and oxygen atoms in total. The highest BCUT2D eigenvalue weighted by Crippen LogP contribution is 2.28. The maximum Gasteiger partial charge on any atom is 0.299 e. The monoisotopic (exact) mass is 415 g/mol. The summed E-state index contributed by atoms with van der Waals surface area (Å²) in [4.78, 5) is 29.1. The van der Waals surface area contributed by atoms with Crippen molar-refractivity contribution in [1.82, 2.24) is 29.5 Å². The molecule has 31 heavy (non-hydrogen) atoms. The van der Waals surface area contributed by atoms with Crippen LogP contribution in [0.3, 0.4) is 0 Å². The number of fused-ring (bicyclic) bond motifs is 3. The van der Waals surface area contributed by atoms with Gasteiger partial charge in [-0.15, -0.1) is 10.2 Å². The van der Waals surface area contributed by atoms with E-state index < -0.39 is 11.5 Å². The molecule has 0 saturated heterocycles. The number of hydrogen-bond acceptors (Lipinski definition) is 6. The van der Waals surface area contributed by atoms with E-state index in [0.29, 0.717) is 28.0 Å². The van der Waals surface area contributed by atoms with Crippen LogP contribution in [0.5, 0.6) is 0 Å². The molecular weight excluding hydrogens is 401 g/mol. The standard InChI is InChI=1S/C21H14FN7O2/c1-12-17(13-4-6-15(22)7-5-13)19-25-24-18-16(29(19)26-12)8-10-28(21(18)31)27-20(30)14-3-2-9-23-11-14/h2-11H,1H3,(H,27,30). The average Bonchev–Trinajstić information content (AvgIpc) is 3.13. The highest BCUT2D eigenvalue weighted by molar-refractivity contribution is 5.99. The van der Waals surface area contributed by atoms with Gasteiger partial charge in [0.1, 0.15) is 11.3 Å². The van der Waals surface area contributed by atoms with Crippen LogP contribution in [0.1, 0.15) is 16.1 Å². The van der Waals surface area contributed by atoms with Gasteiger partial charge in [0.25, 0.3) is 11.5 Å². The number of pyridine rings is 2. The molecule has 0 aliphatic heterocycles. The summed E-state index contributed by atoms with van der Waals surface area (Å²) in [5.41, 5.74) is 5.25. The molecule has 152 valence electrons. The molecule has 0 aliphatic rings. The zero-order valence-corrected chi connectivity index (χ0v) is 16.2. The lowest BCUT2D eigenvalue weighted by atomic mass is 10.1. The number of hydrogen-bond donors (Lipinski definition) is 1. The number of aryl methyl sites for hydroxylation is 1. The number of amides is 1. The molecule has 5 rings (SSSR count). The number of nitrogens with one attached hydrogen (secondary N) is 1. The fraction of sp³-hybridized carbons (Fsp3) is 0.0476. The van der Waals surface area contributed by atoms with Crippen LogP contribution in [0.25, 0.3) is 27.8 Å². The quantitative estimate of drug-likeness (QED) is 0.485. The van der Waals surface area contributed by atoms with Crippen LogP contribution in [0.15, 0.2) is 65.8 Å². The first-order valence-electron chi connectivity index (χ1n) is 9.27. The van der Waals surface area contributed by atoms with Crippen LogP contribution in [-0.2, 0) is 0 Å². The third-order valence-corrected chi connectivity index (χ3v) is 4.83. The summed E-state index contributed by atoms with van der Waals surface area (Å²) in [7, 11) is 0. The third-order valence-electron chi connectivity index (χ3n) is 4.83. The Kier molecular flexibility index (Phi) is 4.25. The van der Waals surface area contributed by atoms with Gasteiger partial charge in [0.15, 0.2) is 11.2 Å². The minimum atomic E-state index is -0.555. The van der Waals surface area contributed by atoms with E-state index in [4.69, 9.17) is 0 Å². The first kappa shape index (κ1) is 18.6. The van der Waals surface area contributed by atoms with E-state index in [1.165, 1.54) is 29.0 Å². The predicted molar refractivity (Wildman–Crippen MR) is 111 cm³/mol. The van der Waals surface area contributed by atoms with Gasteiger partial charge >= 0.3 is 0 Å².